The van der Waals surface area contributed by atoms with Crippen LogP contribution >= 0.6 is 11.8 Å². The van der Waals surface area contributed by atoms with Crippen molar-refractivity contribution in [3.8, 4) is 11.5 Å². The molecule has 1 atom stereocenters. The lowest BCUT2D eigenvalue weighted by Gasteiger charge is -2.22. The van der Waals surface area contributed by atoms with Gasteiger partial charge >= 0.3 is 0 Å². The molecule has 1 aliphatic rings. The first-order valence-corrected chi connectivity index (χ1v) is 12.9. The summed E-state index contributed by atoms with van der Waals surface area (Å²) in [7, 11) is 0. The summed E-state index contributed by atoms with van der Waals surface area (Å²) in [6, 6.07) is 10.7. The largest absolute Gasteiger partial charge is 0.454 e. The third kappa shape index (κ3) is 5.81. The third-order valence-corrected chi connectivity index (χ3v) is 6.73. The molecule has 1 aliphatic heterocycles. The van der Waals surface area contributed by atoms with E-state index in [1.54, 1.807) is 18.2 Å². The summed E-state index contributed by atoms with van der Waals surface area (Å²) < 4.78 is 12.7. The lowest BCUT2D eigenvalue weighted by molar-refractivity contribution is -0.113. The molecule has 0 saturated heterocycles. The fraction of sp³-hybridized carbons (Fsp3) is 0.385. The van der Waals surface area contributed by atoms with Gasteiger partial charge in [0.2, 0.25) is 12.7 Å². The number of carbonyl (C=O) groups excluding carboxylic acids is 2. The Balaban J connectivity index is 1.45. The molecule has 3 aromatic rings. The van der Waals surface area contributed by atoms with Crippen molar-refractivity contribution in [3.05, 3.63) is 58.9 Å². The predicted molar refractivity (Wildman–Crippen MR) is 139 cm³/mol. The summed E-state index contributed by atoms with van der Waals surface area (Å²) in [4.78, 5) is 25.6. The van der Waals surface area contributed by atoms with Crippen molar-refractivity contribution < 1.29 is 19.1 Å². The van der Waals surface area contributed by atoms with E-state index in [2.05, 4.69) is 26.9 Å². The van der Waals surface area contributed by atoms with Gasteiger partial charge in [-0.2, -0.15) is 0 Å². The van der Waals surface area contributed by atoms with Crippen molar-refractivity contribution in [1.29, 1.82) is 0 Å². The number of ether oxygens (including phenoxy) is 2. The van der Waals surface area contributed by atoms with Gasteiger partial charge in [-0.1, -0.05) is 31.7 Å². The molecule has 190 valence electrons. The second-order valence-corrected chi connectivity index (χ2v) is 10.0. The van der Waals surface area contributed by atoms with Crippen LogP contribution in [0.3, 0.4) is 0 Å². The minimum Gasteiger partial charge on any atom is -0.454 e. The van der Waals surface area contributed by atoms with Crippen molar-refractivity contribution >= 4 is 29.3 Å². The van der Waals surface area contributed by atoms with Gasteiger partial charge in [0.15, 0.2) is 22.5 Å². The van der Waals surface area contributed by atoms with Gasteiger partial charge in [-0.3, -0.25) is 9.59 Å². The average molecular weight is 510 g/mol. The van der Waals surface area contributed by atoms with E-state index in [4.69, 9.17) is 9.47 Å². The van der Waals surface area contributed by atoms with Crippen molar-refractivity contribution in [1.82, 2.24) is 20.1 Å². The number of anilines is 1. The lowest BCUT2D eigenvalue weighted by Crippen LogP contribution is -2.33. The molecule has 1 unspecified atom stereocenters. The van der Waals surface area contributed by atoms with E-state index in [0.29, 0.717) is 34.6 Å². The topological polar surface area (TPSA) is 107 Å². The fourth-order valence-electron chi connectivity index (χ4n) is 4.10. The Morgan fingerprint density at radius 2 is 1.78 bits per heavy atom. The van der Waals surface area contributed by atoms with E-state index < -0.39 is 0 Å². The Labute approximate surface area is 215 Å². The molecule has 10 heteroatoms. The van der Waals surface area contributed by atoms with Gasteiger partial charge in [0, 0.05) is 17.8 Å². The monoisotopic (exact) mass is 509 g/mol. The maximum atomic E-state index is 13.1. The van der Waals surface area contributed by atoms with Crippen LogP contribution in [0.4, 0.5) is 5.69 Å². The van der Waals surface area contributed by atoms with Crippen molar-refractivity contribution in [2.24, 2.45) is 5.92 Å². The Hall–Kier alpha value is -3.53. The molecule has 0 aliphatic carbocycles. The van der Waals surface area contributed by atoms with Crippen LogP contribution in [0.5, 0.6) is 11.5 Å². The van der Waals surface area contributed by atoms with E-state index in [1.165, 1.54) is 11.8 Å². The summed E-state index contributed by atoms with van der Waals surface area (Å²) in [6.45, 7) is 10.8. The standard InChI is InChI=1S/C26H31N5O4S/c1-6-31-24(23(15(2)3)28-25(33)18-7-8-20-21(12-18)35-14-34-20)29-30-26(31)36-13-22(32)27-19-10-16(4)9-17(5)11-19/h7-12,15,23H,6,13-14H2,1-5H3,(H,27,32)(H,28,33). The molecule has 0 bridgehead atoms. The molecule has 0 saturated carbocycles. The highest BCUT2D eigenvalue weighted by Gasteiger charge is 2.27. The van der Waals surface area contributed by atoms with Gasteiger partial charge in [0.25, 0.3) is 5.91 Å². The normalized spacial score (nSPS) is 13.1. The second-order valence-electron chi connectivity index (χ2n) is 9.06. The Morgan fingerprint density at radius 1 is 1.06 bits per heavy atom. The maximum absolute atomic E-state index is 13.1. The van der Waals surface area contributed by atoms with Crippen molar-refractivity contribution in [2.45, 2.75) is 52.4 Å². The lowest BCUT2D eigenvalue weighted by atomic mass is 10.0. The van der Waals surface area contributed by atoms with Gasteiger partial charge in [-0.25, -0.2) is 0 Å². The van der Waals surface area contributed by atoms with Crippen LogP contribution in [0.1, 0.15) is 54.1 Å². The minimum atomic E-state index is -0.367. The average Bonchev–Trinajstić information content (AvgIpc) is 3.46. The number of aryl methyl sites for hydroxylation is 2. The molecule has 2 amide bonds. The Morgan fingerprint density at radius 3 is 2.47 bits per heavy atom. The van der Waals surface area contributed by atoms with E-state index >= 15 is 0 Å². The van der Waals surface area contributed by atoms with E-state index in [1.807, 2.05) is 51.3 Å². The highest BCUT2D eigenvalue weighted by molar-refractivity contribution is 7.99. The number of carbonyl (C=O) groups is 2. The van der Waals surface area contributed by atoms with E-state index in [0.717, 1.165) is 16.8 Å². The van der Waals surface area contributed by atoms with Crippen LogP contribution < -0.4 is 20.1 Å². The van der Waals surface area contributed by atoms with Crippen LogP contribution in [-0.2, 0) is 11.3 Å². The highest BCUT2D eigenvalue weighted by atomic mass is 32.2. The van der Waals surface area contributed by atoms with Gasteiger partial charge in [-0.15, -0.1) is 10.2 Å². The summed E-state index contributed by atoms with van der Waals surface area (Å²) >= 11 is 1.32. The SMILES string of the molecule is CCn1c(SCC(=O)Nc2cc(C)cc(C)c2)nnc1C(NC(=O)c1ccc2c(c1)OCO2)C(C)C. The molecule has 0 spiro atoms. The molecule has 0 fully saturated rings. The smallest absolute Gasteiger partial charge is 0.252 e. The summed E-state index contributed by atoms with van der Waals surface area (Å²) in [5.41, 5.74) is 3.44. The highest BCUT2D eigenvalue weighted by Crippen LogP contribution is 2.33. The second kappa shape index (κ2) is 11.0. The predicted octanol–water partition coefficient (Wildman–Crippen LogP) is 4.50. The number of benzene rings is 2. The van der Waals surface area contributed by atoms with Crippen LogP contribution in [0.2, 0.25) is 0 Å². The van der Waals surface area contributed by atoms with Crippen LogP contribution in [0, 0.1) is 19.8 Å². The van der Waals surface area contributed by atoms with Gasteiger partial charge in [0.05, 0.1) is 11.8 Å². The zero-order chi connectivity index (χ0) is 25.8. The molecular formula is C26H31N5O4S. The molecule has 0 radical (unpaired) electrons. The number of hydrogen-bond donors (Lipinski definition) is 2. The molecule has 2 aromatic carbocycles. The zero-order valence-corrected chi connectivity index (χ0v) is 21.9. The number of aromatic nitrogens is 3. The molecule has 4 rings (SSSR count). The van der Waals surface area contributed by atoms with Crippen LogP contribution in [-0.4, -0.2) is 39.1 Å². The number of nitrogens with one attached hydrogen (secondary N) is 2. The molecule has 2 heterocycles. The molecular weight excluding hydrogens is 478 g/mol. The molecule has 9 nitrogen and oxygen atoms in total. The number of nitrogens with zero attached hydrogens (tertiary/aromatic N) is 3. The third-order valence-electron chi connectivity index (χ3n) is 5.77. The number of amides is 2. The molecule has 36 heavy (non-hydrogen) atoms. The van der Waals surface area contributed by atoms with Gasteiger partial charge in [0.1, 0.15) is 0 Å². The fourth-order valence-corrected chi connectivity index (χ4v) is 4.91. The van der Waals surface area contributed by atoms with Crippen LogP contribution in [0.25, 0.3) is 0 Å². The minimum absolute atomic E-state index is 0.0585. The molecule has 1 aromatic heterocycles. The summed E-state index contributed by atoms with van der Waals surface area (Å²) in [5.74, 6) is 1.73. The van der Waals surface area contributed by atoms with E-state index in [9.17, 15) is 9.59 Å². The van der Waals surface area contributed by atoms with Gasteiger partial charge < -0.3 is 24.7 Å². The first-order valence-electron chi connectivity index (χ1n) is 11.9. The summed E-state index contributed by atoms with van der Waals surface area (Å²) in [5, 5.41) is 15.4. The van der Waals surface area contributed by atoms with Crippen molar-refractivity contribution in [2.75, 3.05) is 17.9 Å². The number of thioether (sulfide) groups is 1. The Bertz CT molecular complexity index is 1250. The number of hydrogen-bond acceptors (Lipinski definition) is 7. The summed E-state index contributed by atoms with van der Waals surface area (Å²) in [6.07, 6.45) is 0. The van der Waals surface area contributed by atoms with Crippen LogP contribution in [0.15, 0.2) is 41.6 Å². The number of fused-ring (bicyclic) bond motifs is 1. The van der Waals surface area contributed by atoms with Gasteiger partial charge in [-0.05, 0) is 68.1 Å². The zero-order valence-electron chi connectivity index (χ0n) is 21.1. The first kappa shape index (κ1) is 25.6. The quantitative estimate of drug-likeness (QED) is 0.409. The molecule has 2 N–H and O–H groups in total. The maximum Gasteiger partial charge on any atom is 0.252 e. The van der Waals surface area contributed by atoms with Crippen molar-refractivity contribution in [3.63, 3.8) is 0 Å². The Kier molecular flexibility index (Phi) is 7.83. The van der Waals surface area contributed by atoms with E-state index in [-0.39, 0.29) is 36.3 Å². The number of rotatable bonds is 9. The first-order chi connectivity index (χ1) is 17.2.